The summed E-state index contributed by atoms with van der Waals surface area (Å²) in [5.41, 5.74) is 6.88. The van der Waals surface area contributed by atoms with Crippen LogP contribution in [0.25, 0.3) is 0 Å². The van der Waals surface area contributed by atoms with Crippen LogP contribution in [0.4, 0.5) is 5.82 Å². The van der Waals surface area contributed by atoms with Gasteiger partial charge in [-0.3, -0.25) is 0 Å². The van der Waals surface area contributed by atoms with Gasteiger partial charge in [0.05, 0.1) is 7.11 Å². The number of carbonyl (C=O) groups excluding carboxylic acids is 1. The molecule has 0 aliphatic carbocycles. The number of benzene rings is 1. The fourth-order valence-electron chi connectivity index (χ4n) is 1.57. The number of nitrogen functional groups attached to an aromatic ring is 1. The van der Waals surface area contributed by atoms with E-state index < -0.39 is 5.97 Å². The van der Waals surface area contributed by atoms with Gasteiger partial charge in [0.25, 0.3) is 0 Å². The molecule has 0 radical (unpaired) electrons. The fourth-order valence-corrected chi connectivity index (χ4v) is 1.70. The maximum atomic E-state index is 11.3. The van der Waals surface area contributed by atoms with E-state index in [1.807, 2.05) is 12.1 Å². The smallest absolute Gasteiger partial charge is 0.343 e. The van der Waals surface area contributed by atoms with E-state index in [1.54, 1.807) is 12.1 Å². The molecule has 0 aliphatic rings. The Morgan fingerprint density at radius 3 is 2.63 bits per heavy atom. The maximum Gasteiger partial charge on any atom is 0.343 e. The molecule has 1 aromatic carbocycles. The van der Waals surface area contributed by atoms with E-state index in [2.05, 4.69) is 14.7 Å². The molecule has 19 heavy (non-hydrogen) atoms. The van der Waals surface area contributed by atoms with Crippen LogP contribution in [0, 0.1) is 0 Å². The Balaban J connectivity index is 2.20. The van der Waals surface area contributed by atoms with Crippen LogP contribution in [0.5, 0.6) is 0 Å². The first kappa shape index (κ1) is 13.3. The van der Waals surface area contributed by atoms with Crippen molar-refractivity contribution < 1.29 is 9.53 Å². The lowest BCUT2D eigenvalue weighted by atomic mass is 10.1. The quantitative estimate of drug-likeness (QED) is 0.869. The predicted octanol–water partition coefficient (Wildman–Crippen LogP) is 2.09. The summed E-state index contributed by atoms with van der Waals surface area (Å²) in [6.07, 6.45) is 1.89. The van der Waals surface area contributed by atoms with Crippen molar-refractivity contribution in [3.63, 3.8) is 0 Å². The Hall–Kier alpha value is -2.14. The normalized spacial score (nSPS) is 10.2. The minimum atomic E-state index is -0.546. The molecule has 0 unspecified atom stereocenters. The van der Waals surface area contributed by atoms with Crippen molar-refractivity contribution in [3.8, 4) is 0 Å². The zero-order valence-electron chi connectivity index (χ0n) is 10.3. The molecule has 0 saturated heterocycles. The number of nitrogens with zero attached hydrogens (tertiary/aromatic N) is 2. The number of anilines is 1. The molecule has 2 aromatic rings. The van der Waals surface area contributed by atoms with E-state index in [0.717, 1.165) is 5.56 Å². The van der Waals surface area contributed by atoms with Gasteiger partial charge in [0.2, 0.25) is 0 Å². The SMILES string of the molecule is COC(=O)c1cnc(Cc2ccc(Cl)cc2)nc1N. The number of ether oxygens (including phenoxy) is 1. The van der Waals surface area contributed by atoms with E-state index >= 15 is 0 Å². The first-order chi connectivity index (χ1) is 9.10. The average molecular weight is 278 g/mol. The Kier molecular flexibility index (Phi) is 3.97. The molecule has 6 heteroatoms. The van der Waals surface area contributed by atoms with Crippen molar-refractivity contribution in [2.24, 2.45) is 0 Å². The highest BCUT2D eigenvalue weighted by molar-refractivity contribution is 6.30. The van der Waals surface area contributed by atoms with E-state index in [-0.39, 0.29) is 11.4 Å². The van der Waals surface area contributed by atoms with E-state index in [1.165, 1.54) is 13.3 Å². The fraction of sp³-hybridized carbons (Fsp3) is 0.154. The first-order valence-electron chi connectivity index (χ1n) is 5.54. The van der Waals surface area contributed by atoms with Gasteiger partial charge in [0.15, 0.2) is 0 Å². The highest BCUT2D eigenvalue weighted by atomic mass is 35.5. The largest absolute Gasteiger partial charge is 0.465 e. The Bertz CT molecular complexity index is 599. The van der Waals surface area contributed by atoms with E-state index in [4.69, 9.17) is 17.3 Å². The molecular formula is C13H12ClN3O2. The number of aromatic nitrogens is 2. The second-order valence-corrected chi connectivity index (χ2v) is 4.32. The average Bonchev–Trinajstić information content (AvgIpc) is 2.41. The van der Waals surface area contributed by atoms with Crippen LogP contribution >= 0.6 is 11.6 Å². The third-order valence-corrected chi connectivity index (χ3v) is 2.80. The van der Waals surface area contributed by atoms with Crippen LogP contribution < -0.4 is 5.73 Å². The van der Waals surface area contributed by atoms with Crippen molar-refractivity contribution in [3.05, 3.63) is 52.4 Å². The second kappa shape index (κ2) is 5.67. The molecule has 5 nitrogen and oxygen atoms in total. The number of carbonyl (C=O) groups is 1. The van der Waals surface area contributed by atoms with Crippen molar-refractivity contribution in [2.45, 2.75) is 6.42 Å². The van der Waals surface area contributed by atoms with E-state index in [0.29, 0.717) is 17.3 Å². The first-order valence-corrected chi connectivity index (χ1v) is 5.92. The van der Waals surface area contributed by atoms with Gasteiger partial charge < -0.3 is 10.5 Å². The third-order valence-electron chi connectivity index (χ3n) is 2.55. The zero-order valence-corrected chi connectivity index (χ0v) is 11.0. The minimum Gasteiger partial charge on any atom is -0.465 e. The summed E-state index contributed by atoms with van der Waals surface area (Å²) in [5, 5.41) is 0.672. The molecule has 0 amide bonds. The van der Waals surface area contributed by atoms with Crippen molar-refractivity contribution in [2.75, 3.05) is 12.8 Å². The van der Waals surface area contributed by atoms with Crippen LogP contribution in [0.1, 0.15) is 21.7 Å². The predicted molar refractivity (Wildman–Crippen MR) is 72.0 cm³/mol. The number of hydrogen-bond acceptors (Lipinski definition) is 5. The molecule has 2 N–H and O–H groups in total. The number of hydrogen-bond donors (Lipinski definition) is 1. The summed E-state index contributed by atoms with van der Waals surface area (Å²) < 4.78 is 4.57. The Morgan fingerprint density at radius 2 is 2.05 bits per heavy atom. The van der Waals surface area contributed by atoms with Crippen molar-refractivity contribution >= 4 is 23.4 Å². The molecule has 0 bridgehead atoms. The number of methoxy groups -OCH3 is 1. The van der Waals surface area contributed by atoms with Gasteiger partial charge in [-0.15, -0.1) is 0 Å². The van der Waals surface area contributed by atoms with Crippen LogP contribution in [0.3, 0.4) is 0 Å². The number of esters is 1. The standard InChI is InChI=1S/C13H12ClN3O2/c1-19-13(18)10-7-16-11(17-12(10)15)6-8-2-4-9(14)5-3-8/h2-5,7H,6H2,1H3,(H2,15,16,17). The molecule has 1 aromatic heterocycles. The number of halogens is 1. The molecule has 0 atom stereocenters. The monoisotopic (exact) mass is 277 g/mol. The second-order valence-electron chi connectivity index (χ2n) is 3.88. The summed E-state index contributed by atoms with van der Waals surface area (Å²) in [6.45, 7) is 0. The van der Waals surface area contributed by atoms with Crippen LogP contribution in [0.15, 0.2) is 30.5 Å². The van der Waals surface area contributed by atoms with Gasteiger partial charge in [0, 0.05) is 17.6 Å². The molecule has 0 fully saturated rings. The lowest BCUT2D eigenvalue weighted by Crippen LogP contribution is -2.10. The van der Waals surface area contributed by atoms with Gasteiger partial charge >= 0.3 is 5.97 Å². The third kappa shape index (κ3) is 3.20. The Morgan fingerprint density at radius 1 is 1.37 bits per heavy atom. The summed E-state index contributed by atoms with van der Waals surface area (Å²) in [5.74, 6) is 0.105. The summed E-state index contributed by atoms with van der Waals surface area (Å²) in [6, 6.07) is 7.36. The van der Waals surface area contributed by atoms with E-state index in [9.17, 15) is 4.79 Å². The molecule has 0 aliphatic heterocycles. The lowest BCUT2D eigenvalue weighted by Gasteiger charge is -2.05. The highest BCUT2D eigenvalue weighted by Crippen LogP contribution is 2.14. The van der Waals surface area contributed by atoms with Gasteiger partial charge in [-0.05, 0) is 17.7 Å². The van der Waals surface area contributed by atoms with Gasteiger partial charge in [-0.25, -0.2) is 14.8 Å². The molecule has 98 valence electrons. The van der Waals surface area contributed by atoms with Crippen LogP contribution in [-0.2, 0) is 11.2 Å². The topological polar surface area (TPSA) is 78.1 Å². The summed E-state index contributed by atoms with van der Waals surface area (Å²) >= 11 is 5.81. The highest BCUT2D eigenvalue weighted by Gasteiger charge is 2.12. The maximum absolute atomic E-state index is 11.3. The van der Waals surface area contributed by atoms with Gasteiger partial charge in [0.1, 0.15) is 17.2 Å². The molecule has 2 rings (SSSR count). The number of rotatable bonds is 3. The summed E-state index contributed by atoms with van der Waals surface area (Å²) in [7, 11) is 1.28. The molecule has 0 saturated carbocycles. The summed E-state index contributed by atoms with van der Waals surface area (Å²) in [4.78, 5) is 19.5. The van der Waals surface area contributed by atoms with Crippen LogP contribution in [-0.4, -0.2) is 23.0 Å². The Labute approximate surface area is 115 Å². The van der Waals surface area contributed by atoms with Gasteiger partial charge in [-0.1, -0.05) is 23.7 Å². The zero-order chi connectivity index (χ0) is 13.8. The van der Waals surface area contributed by atoms with Crippen LogP contribution in [0.2, 0.25) is 5.02 Å². The van der Waals surface area contributed by atoms with Crippen molar-refractivity contribution in [1.82, 2.24) is 9.97 Å². The van der Waals surface area contributed by atoms with Gasteiger partial charge in [-0.2, -0.15) is 0 Å². The molecular weight excluding hydrogens is 266 g/mol. The van der Waals surface area contributed by atoms with Crippen molar-refractivity contribution in [1.29, 1.82) is 0 Å². The minimum absolute atomic E-state index is 0.116. The lowest BCUT2D eigenvalue weighted by molar-refractivity contribution is 0.0601. The molecule has 1 heterocycles. The molecule has 0 spiro atoms. The number of nitrogens with two attached hydrogens (primary N) is 1.